The molecule has 3 heteroatoms. The Balaban J connectivity index is 2.86. The average molecular weight is 227 g/mol. The van der Waals surface area contributed by atoms with Crippen molar-refractivity contribution in [2.24, 2.45) is 5.73 Å². The monoisotopic (exact) mass is 226 g/mol. The number of hydrogen-bond acceptors (Lipinski definition) is 2. The van der Waals surface area contributed by atoms with Crippen LogP contribution in [0.4, 0.5) is 5.69 Å². The molecule has 0 heterocycles. The van der Waals surface area contributed by atoms with Crippen LogP contribution in [0.5, 0.6) is 0 Å². The highest BCUT2D eigenvalue weighted by Crippen LogP contribution is 2.24. The Morgan fingerprint density at radius 2 is 2.13 bits per heavy atom. The van der Waals surface area contributed by atoms with Gasteiger partial charge in [-0.25, -0.2) is 0 Å². The zero-order chi connectivity index (χ0) is 11.4. The summed E-state index contributed by atoms with van der Waals surface area (Å²) in [6.07, 6.45) is 0.999. The third-order valence-electron chi connectivity index (χ3n) is 2.78. The highest BCUT2D eigenvalue weighted by Gasteiger charge is 2.11. The Labute approximate surface area is 97.0 Å². The molecule has 2 nitrogen and oxygen atoms in total. The van der Waals surface area contributed by atoms with Gasteiger partial charge in [0.25, 0.3) is 0 Å². The van der Waals surface area contributed by atoms with E-state index in [0.29, 0.717) is 6.04 Å². The molecule has 2 N–H and O–H groups in total. The lowest BCUT2D eigenvalue weighted by molar-refractivity contribution is 0.634. The number of nitrogens with two attached hydrogens (primary N) is 1. The van der Waals surface area contributed by atoms with Gasteiger partial charge in [0.2, 0.25) is 0 Å². The van der Waals surface area contributed by atoms with E-state index in [4.69, 9.17) is 17.3 Å². The van der Waals surface area contributed by atoms with Crippen LogP contribution in [0.15, 0.2) is 18.2 Å². The summed E-state index contributed by atoms with van der Waals surface area (Å²) in [6.45, 7) is 4.98. The second kappa shape index (κ2) is 5.38. The number of nitrogens with zero attached hydrogens (tertiary/aromatic N) is 1. The van der Waals surface area contributed by atoms with E-state index in [1.165, 1.54) is 11.3 Å². The Morgan fingerprint density at radius 3 is 2.67 bits per heavy atom. The summed E-state index contributed by atoms with van der Waals surface area (Å²) in [4.78, 5) is 2.25. The third kappa shape index (κ3) is 3.11. The summed E-state index contributed by atoms with van der Waals surface area (Å²) < 4.78 is 0. The quantitative estimate of drug-likeness (QED) is 0.856. The van der Waals surface area contributed by atoms with E-state index in [0.717, 1.165) is 18.0 Å². The topological polar surface area (TPSA) is 29.3 Å². The predicted molar refractivity (Wildman–Crippen MR) is 67.7 cm³/mol. The van der Waals surface area contributed by atoms with Crippen LogP contribution in [0.3, 0.4) is 0 Å². The van der Waals surface area contributed by atoms with Crippen LogP contribution in [0.25, 0.3) is 0 Å². The summed E-state index contributed by atoms with van der Waals surface area (Å²) in [6, 6.07) is 6.43. The zero-order valence-corrected chi connectivity index (χ0v) is 10.4. The van der Waals surface area contributed by atoms with Crippen molar-refractivity contribution >= 4 is 17.3 Å². The minimum Gasteiger partial charge on any atom is -0.372 e. The van der Waals surface area contributed by atoms with Crippen LogP contribution in [0, 0.1) is 6.92 Å². The lowest BCUT2D eigenvalue weighted by atomic mass is 10.1. The van der Waals surface area contributed by atoms with E-state index in [1.54, 1.807) is 0 Å². The molecular formula is C12H19ClN2. The Kier molecular flexibility index (Phi) is 4.43. The molecule has 0 fully saturated rings. The summed E-state index contributed by atoms with van der Waals surface area (Å²) in [5.41, 5.74) is 7.98. The normalized spacial score (nSPS) is 12.6. The van der Waals surface area contributed by atoms with Crippen molar-refractivity contribution in [3.8, 4) is 0 Å². The predicted octanol–water partition coefficient (Wildman–Crippen LogP) is 2.82. The van der Waals surface area contributed by atoms with Gasteiger partial charge in [0.1, 0.15) is 0 Å². The van der Waals surface area contributed by atoms with Gasteiger partial charge in [0.15, 0.2) is 0 Å². The highest BCUT2D eigenvalue weighted by atomic mass is 35.5. The molecule has 0 aromatic heterocycles. The van der Waals surface area contributed by atoms with E-state index >= 15 is 0 Å². The maximum atomic E-state index is 5.92. The first-order chi connectivity index (χ1) is 7.06. The highest BCUT2D eigenvalue weighted by molar-refractivity contribution is 6.30. The fourth-order valence-electron chi connectivity index (χ4n) is 1.69. The van der Waals surface area contributed by atoms with E-state index in [1.807, 2.05) is 12.1 Å². The van der Waals surface area contributed by atoms with Gasteiger partial charge >= 0.3 is 0 Å². The minimum absolute atomic E-state index is 0.454. The number of anilines is 1. The van der Waals surface area contributed by atoms with Crippen molar-refractivity contribution < 1.29 is 0 Å². The summed E-state index contributed by atoms with van der Waals surface area (Å²) in [5, 5.41) is 0.788. The molecule has 0 amide bonds. The standard InChI is InChI=1S/C12H19ClN2/c1-9-8-11(13)4-5-12(9)15(3)10(2)6-7-14/h4-5,8,10H,6-7,14H2,1-3H3. The molecular weight excluding hydrogens is 208 g/mol. The van der Waals surface area contributed by atoms with E-state index in [2.05, 4.69) is 31.9 Å². The lowest BCUT2D eigenvalue weighted by Crippen LogP contribution is -2.31. The number of aryl methyl sites for hydroxylation is 1. The smallest absolute Gasteiger partial charge is 0.0410 e. The number of rotatable bonds is 4. The number of benzene rings is 1. The Bertz CT molecular complexity index is 325. The van der Waals surface area contributed by atoms with Crippen molar-refractivity contribution in [2.75, 3.05) is 18.5 Å². The number of halogens is 1. The molecule has 1 aromatic rings. The minimum atomic E-state index is 0.454. The molecule has 0 saturated heterocycles. The molecule has 0 radical (unpaired) electrons. The van der Waals surface area contributed by atoms with Crippen LogP contribution in [-0.2, 0) is 0 Å². The first-order valence-corrected chi connectivity index (χ1v) is 5.63. The van der Waals surface area contributed by atoms with Gasteiger partial charge in [0, 0.05) is 23.8 Å². The Morgan fingerprint density at radius 1 is 1.47 bits per heavy atom. The SMILES string of the molecule is Cc1cc(Cl)ccc1N(C)C(C)CCN. The maximum Gasteiger partial charge on any atom is 0.0410 e. The van der Waals surface area contributed by atoms with Gasteiger partial charge in [-0.05, 0) is 50.6 Å². The summed E-state index contributed by atoms with van der Waals surface area (Å²) >= 11 is 5.92. The third-order valence-corrected chi connectivity index (χ3v) is 3.02. The van der Waals surface area contributed by atoms with E-state index < -0.39 is 0 Å². The maximum absolute atomic E-state index is 5.92. The van der Waals surface area contributed by atoms with Gasteiger partial charge in [0.05, 0.1) is 0 Å². The number of hydrogen-bond donors (Lipinski definition) is 1. The van der Waals surface area contributed by atoms with Crippen LogP contribution in [0.1, 0.15) is 18.9 Å². The molecule has 0 aliphatic carbocycles. The molecule has 1 unspecified atom stereocenters. The summed E-state index contributed by atoms with van der Waals surface area (Å²) in [5.74, 6) is 0. The second-order valence-corrected chi connectivity index (χ2v) is 4.40. The van der Waals surface area contributed by atoms with Crippen molar-refractivity contribution in [3.05, 3.63) is 28.8 Å². The molecule has 0 bridgehead atoms. The van der Waals surface area contributed by atoms with Gasteiger partial charge < -0.3 is 10.6 Å². The Hall–Kier alpha value is -0.730. The van der Waals surface area contributed by atoms with E-state index in [-0.39, 0.29) is 0 Å². The second-order valence-electron chi connectivity index (χ2n) is 3.97. The van der Waals surface area contributed by atoms with Crippen LogP contribution < -0.4 is 10.6 Å². The molecule has 0 aliphatic rings. The molecule has 15 heavy (non-hydrogen) atoms. The summed E-state index contributed by atoms with van der Waals surface area (Å²) in [7, 11) is 2.09. The van der Waals surface area contributed by atoms with Crippen molar-refractivity contribution in [1.29, 1.82) is 0 Å². The average Bonchev–Trinajstić information content (AvgIpc) is 2.17. The fourth-order valence-corrected chi connectivity index (χ4v) is 1.91. The van der Waals surface area contributed by atoms with Crippen molar-refractivity contribution in [3.63, 3.8) is 0 Å². The largest absolute Gasteiger partial charge is 0.372 e. The van der Waals surface area contributed by atoms with Gasteiger partial charge in [-0.1, -0.05) is 11.6 Å². The molecule has 1 aromatic carbocycles. The van der Waals surface area contributed by atoms with Gasteiger partial charge in [-0.3, -0.25) is 0 Å². The molecule has 0 aliphatic heterocycles. The fraction of sp³-hybridized carbons (Fsp3) is 0.500. The molecule has 0 saturated carbocycles. The van der Waals surface area contributed by atoms with E-state index in [9.17, 15) is 0 Å². The van der Waals surface area contributed by atoms with Crippen LogP contribution >= 0.6 is 11.6 Å². The zero-order valence-electron chi connectivity index (χ0n) is 9.63. The molecule has 0 spiro atoms. The van der Waals surface area contributed by atoms with Gasteiger partial charge in [-0.15, -0.1) is 0 Å². The molecule has 1 atom stereocenters. The van der Waals surface area contributed by atoms with Gasteiger partial charge in [-0.2, -0.15) is 0 Å². The molecule has 1 rings (SSSR count). The molecule has 84 valence electrons. The first kappa shape index (κ1) is 12.3. The van der Waals surface area contributed by atoms with Crippen molar-refractivity contribution in [2.45, 2.75) is 26.3 Å². The van der Waals surface area contributed by atoms with Crippen molar-refractivity contribution in [1.82, 2.24) is 0 Å². The van der Waals surface area contributed by atoms with Crippen LogP contribution in [0.2, 0.25) is 5.02 Å². The van der Waals surface area contributed by atoms with Crippen LogP contribution in [-0.4, -0.2) is 19.6 Å². The lowest BCUT2D eigenvalue weighted by Gasteiger charge is -2.28. The first-order valence-electron chi connectivity index (χ1n) is 5.25.